The highest BCUT2D eigenvalue weighted by Gasteiger charge is 2.30. The van der Waals surface area contributed by atoms with Crippen molar-refractivity contribution in [3.63, 3.8) is 0 Å². The molecule has 0 aliphatic carbocycles. The number of nitrogens with two attached hydrogens (primary N) is 1. The number of hydrogen-bond donors (Lipinski definition) is 1. The second-order valence-corrected chi connectivity index (χ2v) is 6.84. The Labute approximate surface area is 130 Å². The summed E-state index contributed by atoms with van der Waals surface area (Å²) in [6.07, 6.45) is 2.90. The summed E-state index contributed by atoms with van der Waals surface area (Å²) in [6.45, 7) is 6.30. The van der Waals surface area contributed by atoms with Crippen molar-refractivity contribution in [1.29, 1.82) is 0 Å². The first kappa shape index (κ1) is 14.5. The van der Waals surface area contributed by atoms with Crippen LogP contribution in [0, 0.1) is 0 Å². The number of hydrogen-bond acceptors (Lipinski definition) is 4. The van der Waals surface area contributed by atoms with Crippen LogP contribution in [0.1, 0.15) is 42.3 Å². The minimum atomic E-state index is -0.250. The number of aromatic nitrogens is 1. The van der Waals surface area contributed by atoms with Crippen LogP contribution in [-0.4, -0.2) is 11.5 Å². The molecule has 2 aromatic rings. The van der Waals surface area contributed by atoms with Gasteiger partial charge in [-0.25, -0.2) is 4.98 Å². The lowest BCUT2D eigenvalue weighted by molar-refractivity contribution is 0.410. The van der Waals surface area contributed by atoms with Crippen molar-refractivity contribution < 1.29 is 0 Å². The van der Waals surface area contributed by atoms with Gasteiger partial charge in [-0.05, 0) is 25.0 Å². The molecule has 4 heteroatoms. The molecule has 0 unspecified atom stereocenters. The number of anilines is 1. The van der Waals surface area contributed by atoms with E-state index < -0.39 is 0 Å². The Kier molecular flexibility index (Phi) is 4.00. The van der Waals surface area contributed by atoms with Crippen molar-refractivity contribution in [1.82, 2.24) is 4.98 Å². The highest BCUT2D eigenvalue weighted by Crippen LogP contribution is 2.34. The molecule has 1 aliphatic rings. The van der Waals surface area contributed by atoms with E-state index in [1.54, 1.807) is 0 Å². The Morgan fingerprint density at radius 3 is 2.62 bits per heavy atom. The minimum absolute atomic E-state index is 0.250. The van der Waals surface area contributed by atoms with Gasteiger partial charge < -0.3 is 10.6 Å². The highest BCUT2D eigenvalue weighted by atomic mass is 32.1. The molecular formula is C17H23N3S. The molecule has 112 valence electrons. The molecule has 0 saturated heterocycles. The van der Waals surface area contributed by atoms with Crippen LogP contribution in [0.25, 0.3) is 0 Å². The fraction of sp³-hybridized carbons (Fsp3) is 0.471. The topological polar surface area (TPSA) is 42.1 Å². The molecule has 0 bridgehead atoms. The lowest BCUT2D eigenvalue weighted by Crippen LogP contribution is -2.35. The molecule has 0 radical (unpaired) electrons. The van der Waals surface area contributed by atoms with Crippen LogP contribution in [0.5, 0.6) is 0 Å². The van der Waals surface area contributed by atoms with E-state index in [4.69, 9.17) is 10.7 Å². The molecule has 2 heterocycles. The molecule has 0 fully saturated rings. The van der Waals surface area contributed by atoms with Crippen molar-refractivity contribution in [2.24, 2.45) is 5.73 Å². The third kappa shape index (κ3) is 2.70. The van der Waals surface area contributed by atoms with Crippen LogP contribution in [0.15, 0.2) is 30.3 Å². The van der Waals surface area contributed by atoms with Crippen LogP contribution in [0.2, 0.25) is 0 Å². The van der Waals surface area contributed by atoms with Crippen LogP contribution >= 0.6 is 11.3 Å². The fourth-order valence-corrected chi connectivity index (χ4v) is 4.19. The first-order valence-electron chi connectivity index (χ1n) is 7.74. The van der Waals surface area contributed by atoms with Crippen LogP contribution in [0.4, 0.5) is 5.69 Å². The molecule has 3 nitrogen and oxygen atoms in total. The first-order chi connectivity index (χ1) is 10.2. The lowest BCUT2D eigenvalue weighted by Gasteiger charge is -2.28. The van der Waals surface area contributed by atoms with Gasteiger partial charge in [-0.3, -0.25) is 0 Å². The monoisotopic (exact) mass is 301 g/mol. The second kappa shape index (κ2) is 5.78. The predicted octanol–water partition coefficient (Wildman–Crippen LogP) is 3.68. The van der Waals surface area contributed by atoms with Crippen LogP contribution in [-0.2, 0) is 18.5 Å². The van der Waals surface area contributed by atoms with Crippen molar-refractivity contribution in [3.05, 3.63) is 45.9 Å². The standard InChI is InChI=1S/C17H23N3S/c1-3-17(18,4-2)16-19-14-10-11-20(12-15(14)21-16)13-8-6-5-7-9-13/h5-9H,3-4,10-12,18H2,1-2H3. The Morgan fingerprint density at radius 2 is 1.95 bits per heavy atom. The Balaban J connectivity index is 1.86. The number of para-hydroxylation sites is 1. The molecule has 1 aliphatic heterocycles. The molecule has 1 aromatic carbocycles. The summed E-state index contributed by atoms with van der Waals surface area (Å²) in [6, 6.07) is 10.6. The minimum Gasteiger partial charge on any atom is -0.366 e. The summed E-state index contributed by atoms with van der Waals surface area (Å²) < 4.78 is 0. The zero-order valence-electron chi connectivity index (χ0n) is 12.8. The summed E-state index contributed by atoms with van der Waals surface area (Å²) in [5.41, 5.74) is 8.82. The smallest absolute Gasteiger partial charge is 0.113 e. The number of rotatable bonds is 4. The second-order valence-electron chi connectivity index (χ2n) is 5.76. The maximum absolute atomic E-state index is 6.51. The van der Waals surface area contributed by atoms with Crippen LogP contribution < -0.4 is 10.6 Å². The SMILES string of the molecule is CCC(N)(CC)c1nc2c(s1)CN(c1ccccc1)CC2. The van der Waals surface area contributed by atoms with Gasteiger partial charge in [0.25, 0.3) is 0 Å². The molecule has 2 N–H and O–H groups in total. The normalized spacial score (nSPS) is 15.1. The van der Waals surface area contributed by atoms with Crippen molar-refractivity contribution in [2.75, 3.05) is 11.4 Å². The molecule has 21 heavy (non-hydrogen) atoms. The van der Waals surface area contributed by atoms with Crippen molar-refractivity contribution >= 4 is 17.0 Å². The number of nitrogens with zero attached hydrogens (tertiary/aromatic N) is 2. The number of fused-ring (bicyclic) bond motifs is 1. The molecule has 0 saturated carbocycles. The average molecular weight is 301 g/mol. The maximum atomic E-state index is 6.51. The largest absolute Gasteiger partial charge is 0.366 e. The third-order valence-electron chi connectivity index (χ3n) is 4.54. The van der Waals surface area contributed by atoms with E-state index in [0.717, 1.165) is 37.4 Å². The van der Waals surface area contributed by atoms with E-state index in [2.05, 4.69) is 49.1 Å². The summed E-state index contributed by atoms with van der Waals surface area (Å²) >= 11 is 1.81. The molecular weight excluding hydrogens is 278 g/mol. The fourth-order valence-electron chi connectivity index (χ4n) is 2.82. The first-order valence-corrected chi connectivity index (χ1v) is 8.56. The molecule has 0 atom stereocenters. The molecule has 3 rings (SSSR count). The van der Waals surface area contributed by atoms with E-state index >= 15 is 0 Å². The van der Waals surface area contributed by atoms with Gasteiger partial charge in [0, 0.05) is 23.5 Å². The van der Waals surface area contributed by atoms with Crippen molar-refractivity contribution in [3.8, 4) is 0 Å². The van der Waals surface area contributed by atoms with Crippen LogP contribution in [0.3, 0.4) is 0 Å². The Bertz CT molecular complexity index is 602. The molecule has 1 aromatic heterocycles. The summed E-state index contributed by atoms with van der Waals surface area (Å²) in [4.78, 5) is 8.68. The Morgan fingerprint density at radius 1 is 1.24 bits per heavy atom. The number of benzene rings is 1. The van der Waals surface area contributed by atoms with E-state index in [0.29, 0.717) is 0 Å². The summed E-state index contributed by atoms with van der Waals surface area (Å²) in [5.74, 6) is 0. The Hall–Kier alpha value is -1.39. The average Bonchev–Trinajstić information content (AvgIpc) is 2.98. The molecule has 0 spiro atoms. The predicted molar refractivity (Wildman–Crippen MR) is 89.8 cm³/mol. The zero-order valence-corrected chi connectivity index (χ0v) is 13.6. The van der Waals surface area contributed by atoms with Gasteiger partial charge in [-0.15, -0.1) is 11.3 Å². The van der Waals surface area contributed by atoms with E-state index in [1.165, 1.54) is 16.3 Å². The van der Waals surface area contributed by atoms with E-state index in [9.17, 15) is 0 Å². The zero-order chi connectivity index (χ0) is 14.9. The van der Waals surface area contributed by atoms with Gasteiger partial charge >= 0.3 is 0 Å². The van der Waals surface area contributed by atoms with Crippen molar-refractivity contribution in [2.45, 2.75) is 45.2 Å². The number of thiazole rings is 1. The van der Waals surface area contributed by atoms with Gasteiger partial charge in [-0.1, -0.05) is 32.0 Å². The summed E-state index contributed by atoms with van der Waals surface area (Å²) in [7, 11) is 0. The molecule has 0 amide bonds. The van der Waals surface area contributed by atoms with Gasteiger partial charge in [0.1, 0.15) is 5.01 Å². The highest BCUT2D eigenvalue weighted by molar-refractivity contribution is 7.12. The summed E-state index contributed by atoms with van der Waals surface area (Å²) in [5, 5.41) is 1.12. The van der Waals surface area contributed by atoms with E-state index in [-0.39, 0.29) is 5.54 Å². The maximum Gasteiger partial charge on any atom is 0.113 e. The quantitative estimate of drug-likeness (QED) is 0.936. The van der Waals surface area contributed by atoms with Gasteiger partial charge in [0.15, 0.2) is 0 Å². The van der Waals surface area contributed by atoms with Gasteiger partial charge in [-0.2, -0.15) is 0 Å². The third-order valence-corrected chi connectivity index (χ3v) is 5.84. The van der Waals surface area contributed by atoms with E-state index in [1.807, 2.05) is 11.3 Å². The van der Waals surface area contributed by atoms with Gasteiger partial charge in [0.2, 0.25) is 0 Å². The van der Waals surface area contributed by atoms with Gasteiger partial charge in [0.05, 0.1) is 17.8 Å². The lowest BCUT2D eigenvalue weighted by atomic mass is 9.95.